The first-order chi connectivity index (χ1) is 7.25. The summed E-state index contributed by atoms with van der Waals surface area (Å²) in [6, 6.07) is 2.16. The molecule has 1 N–H and O–H groups in total. The molecule has 3 nitrogen and oxygen atoms in total. The lowest BCUT2D eigenvalue weighted by molar-refractivity contribution is 0.697. The van der Waals surface area contributed by atoms with Crippen molar-refractivity contribution in [2.75, 3.05) is 0 Å². The van der Waals surface area contributed by atoms with E-state index < -0.39 is 0 Å². The molecule has 0 saturated heterocycles. The molecule has 2 aromatic rings. The maximum absolute atomic E-state index is 4.13. The number of aromatic nitrogens is 2. The molecule has 2 rings (SSSR count). The summed E-state index contributed by atoms with van der Waals surface area (Å²) in [5.74, 6) is 0. The number of hydrogen-bond acceptors (Lipinski definition) is 3. The summed E-state index contributed by atoms with van der Waals surface area (Å²) in [6.07, 6.45) is 3.93. The van der Waals surface area contributed by atoms with Crippen LogP contribution in [0.25, 0.3) is 0 Å². The quantitative estimate of drug-likeness (QED) is 0.856. The van der Waals surface area contributed by atoms with E-state index in [4.69, 9.17) is 0 Å². The van der Waals surface area contributed by atoms with Crippen LogP contribution in [0.3, 0.4) is 0 Å². The summed E-state index contributed by atoms with van der Waals surface area (Å²) in [7, 11) is 1.94. The molecule has 0 aliphatic heterocycles. The zero-order valence-corrected chi connectivity index (χ0v) is 9.84. The third kappa shape index (κ3) is 2.67. The highest BCUT2D eigenvalue weighted by molar-refractivity contribution is 7.10. The Hall–Kier alpha value is -1.13. The van der Waals surface area contributed by atoms with Gasteiger partial charge >= 0.3 is 0 Å². The molecule has 0 aliphatic carbocycles. The van der Waals surface area contributed by atoms with Crippen molar-refractivity contribution < 1.29 is 0 Å². The molecule has 0 radical (unpaired) electrons. The molecule has 2 aromatic heterocycles. The Morgan fingerprint density at radius 1 is 1.47 bits per heavy atom. The van der Waals surface area contributed by atoms with E-state index in [2.05, 4.69) is 28.8 Å². The Balaban J connectivity index is 1.83. The van der Waals surface area contributed by atoms with Gasteiger partial charge in [0.25, 0.3) is 0 Å². The molecular formula is C11H15N3S. The molecule has 0 unspecified atom stereocenters. The second-order valence-electron chi connectivity index (χ2n) is 3.65. The molecule has 0 aromatic carbocycles. The lowest BCUT2D eigenvalue weighted by Gasteiger charge is -2.01. The molecule has 4 heteroatoms. The highest BCUT2D eigenvalue weighted by Gasteiger charge is 1.99. The fraction of sp³-hybridized carbons (Fsp3) is 0.364. The van der Waals surface area contributed by atoms with E-state index >= 15 is 0 Å². The van der Waals surface area contributed by atoms with Crippen molar-refractivity contribution >= 4 is 11.3 Å². The van der Waals surface area contributed by atoms with E-state index in [1.54, 1.807) is 11.3 Å². The number of nitrogens with zero attached hydrogens (tertiary/aromatic N) is 2. The molecule has 15 heavy (non-hydrogen) atoms. The van der Waals surface area contributed by atoms with Gasteiger partial charge < -0.3 is 5.32 Å². The zero-order chi connectivity index (χ0) is 10.7. The number of thiophene rings is 1. The van der Waals surface area contributed by atoms with E-state index in [0.717, 1.165) is 13.1 Å². The normalized spacial score (nSPS) is 10.8. The first-order valence-corrected chi connectivity index (χ1v) is 5.85. The molecule has 0 atom stereocenters. The minimum atomic E-state index is 0.880. The van der Waals surface area contributed by atoms with Gasteiger partial charge in [-0.05, 0) is 23.9 Å². The standard InChI is InChI=1S/C11H15N3S/c1-9-3-4-15-11(9)7-12-5-10-6-13-14(2)8-10/h3-4,6,8,12H,5,7H2,1-2H3. The van der Waals surface area contributed by atoms with Crippen LogP contribution >= 0.6 is 11.3 Å². The second kappa shape index (κ2) is 4.59. The van der Waals surface area contributed by atoms with Gasteiger partial charge in [-0.15, -0.1) is 11.3 Å². The maximum Gasteiger partial charge on any atom is 0.0534 e. The van der Waals surface area contributed by atoms with Crippen LogP contribution in [-0.2, 0) is 20.1 Å². The molecule has 2 heterocycles. The molecule has 0 spiro atoms. The van der Waals surface area contributed by atoms with Gasteiger partial charge in [0.15, 0.2) is 0 Å². The van der Waals surface area contributed by atoms with Gasteiger partial charge in [-0.1, -0.05) is 0 Å². The Bertz CT molecular complexity index is 430. The van der Waals surface area contributed by atoms with Gasteiger partial charge in [-0.3, -0.25) is 4.68 Å². The van der Waals surface area contributed by atoms with Crippen LogP contribution in [0.15, 0.2) is 23.8 Å². The summed E-state index contributed by atoms with van der Waals surface area (Å²) in [5.41, 5.74) is 2.60. The minimum Gasteiger partial charge on any atom is -0.308 e. The summed E-state index contributed by atoms with van der Waals surface area (Å²) in [6.45, 7) is 3.97. The fourth-order valence-electron chi connectivity index (χ4n) is 1.47. The minimum absolute atomic E-state index is 0.880. The van der Waals surface area contributed by atoms with E-state index in [1.165, 1.54) is 16.0 Å². The van der Waals surface area contributed by atoms with Gasteiger partial charge in [0, 0.05) is 36.8 Å². The van der Waals surface area contributed by atoms with Crippen LogP contribution in [-0.4, -0.2) is 9.78 Å². The van der Waals surface area contributed by atoms with Crippen molar-refractivity contribution in [2.45, 2.75) is 20.0 Å². The predicted octanol–water partition coefficient (Wildman–Crippen LogP) is 2.08. The van der Waals surface area contributed by atoms with Gasteiger partial charge in [0.05, 0.1) is 6.20 Å². The fourth-order valence-corrected chi connectivity index (χ4v) is 2.34. The van der Waals surface area contributed by atoms with Crippen LogP contribution < -0.4 is 5.32 Å². The first kappa shape index (κ1) is 10.4. The van der Waals surface area contributed by atoms with Crippen molar-refractivity contribution in [3.05, 3.63) is 39.8 Å². The lowest BCUT2D eigenvalue weighted by atomic mass is 10.3. The average molecular weight is 221 g/mol. The molecule has 0 fully saturated rings. The number of aryl methyl sites for hydroxylation is 2. The Morgan fingerprint density at radius 3 is 2.93 bits per heavy atom. The van der Waals surface area contributed by atoms with Crippen LogP contribution in [0.4, 0.5) is 0 Å². The van der Waals surface area contributed by atoms with Crippen LogP contribution in [0, 0.1) is 6.92 Å². The summed E-state index contributed by atoms with van der Waals surface area (Å²) in [4.78, 5) is 1.42. The SMILES string of the molecule is Cc1ccsc1CNCc1cnn(C)c1. The molecule has 0 amide bonds. The lowest BCUT2D eigenvalue weighted by Crippen LogP contribution is -2.11. The predicted molar refractivity (Wildman–Crippen MR) is 62.8 cm³/mol. The Kier molecular flexibility index (Phi) is 3.18. The summed E-state index contributed by atoms with van der Waals surface area (Å²) < 4.78 is 1.83. The third-order valence-electron chi connectivity index (χ3n) is 2.34. The van der Waals surface area contributed by atoms with Crippen molar-refractivity contribution in [2.24, 2.45) is 7.05 Å². The number of hydrogen-bond donors (Lipinski definition) is 1. The van der Waals surface area contributed by atoms with Gasteiger partial charge in [0.1, 0.15) is 0 Å². The van der Waals surface area contributed by atoms with E-state index in [9.17, 15) is 0 Å². The van der Waals surface area contributed by atoms with Crippen LogP contribution in [0.1, 0.15) is 16.0 Å². The number of nitrogens with one attached hydrogen (secondary N) is 1. The monoisotopic (exact) mass is 221 g/mol. The van der Waals surface area contributed by atoms with Crippen molar-refractivity contribution in [3.63, 3.8) is 0 Å². The van der Waals surface area contributed by atoms with Gasteiger partial charge in [-0.25, -0.2) is 0 Å². The molecule has 0 aliphatic rings. The Labute approximate surface area is 93.7 Å². The van der Waals surface area contributed by atoms with E-state index in [0.29, 0.717) is 0 Å². The highest BCUT2D eigenvalue weighted by Crippen LogP contribution is 2.14. The topological polar surface area (TPSA) is 29.9 Å². The molecular weight excluding hydrogens is 206 g/mol. The van der Waals surface area contributed by atoms with Crippen molar-refractivity contribution in [1.82, 2.24) is 15.1 Å². The van der Waals surface area contributed by atoms with E-state index in [-0.39, 0.29) is 0 Å². The summed E-state index contributed by atoms with van der Waals surface area (Å²) >= 11 is 1.81. The van der Waals surface area contributed by atoms with E-state index in [1.807, 2.05) is 24.1 Å². The molecule has 0 bridgehead atoms. The van der Waals surface area contributed by atoms with Crippen molar-refractivity contribution in [3.8, 4) is 0 Å². The number of rotatable bonds is 4. The second-order valence-corrected chi connectivity index (χ2v) is 4.65. The third-order valence-corrected chi connectivity index (χ3v) is 3.36. The smallest absolute Gasteiger partial charge is 0.0534 e. The largest absolute Gasteiger partial charge is 0.308 e. The Morgan fingerprint density at radius 2 is 2.33 bits per heavy atom. The average Bonchev–Trinajstić information content (AvgIpc) is 2.77. The summed E-state index contributed by atoms with van der Waals surface area (Å²) in [5, 5.41) is 9.68. The zero-order valence-electron chi connectivity index (χ0n) is 9.03. The maximum atomic E-state index is 4.13. The van der Waals surface area contributed by atoms with Crippen LogP contribution in [0.2, 0.25) is 0 Å². The van der Waals surface area contributed by atoms with Crippen LogP contribution in [0.5, 0.6) is 0 Å². The van der Waals surface area contributed by atoms with Gasteiger partial charge in [0.2, 0.25) is 0 Å². The molecule has 0 saturated carbocycles. The first-order valence-electron chi connectivity index (χ1n) is 4.97. The van der Waals surface area contributed by atoms with Crippen molar-refractivity contribution in [1.29, 1.82) is 0 Å². The van der Waals surface area contributed by atoms with Gasteiger partial charge in [-0.2, -0.15) is 5.10 Å². The molecule has 80 valence electrons. The highest BCUT2D eigenvalue weighted by atomic mass is 32.1.